The van der Waals surface area contributed by atoms with Crippen LogP contribution in [-0.4, -0.2) is 44.3 Å². The second-order valence-electron chi connectivity index (χ2n) is 5.06. The Hall–Kier alpha value is -2.12. The third-order valence-electron chi connectivity index (χ3n) is 3.34. The molecule has 0 bridgehead atoms. The highest BCUT2D eigenvalue weighted by molar-refractivity contribution is 5.79. The van der Waals surface area contributed by atoms with Crippen LogP contribution in [0.5, 0.6) is 0 Å². The van der Waals surface area contributed by atoms with E-state index in [0.717, 1.165) is 6.42 Å². The average Bonchev–Trinajstić information content (AvgIpc) is 2.41. The van der Waals surface area contributed by atoms with E-state index in [2.05, 4.69) is 0 Å². The van der Waals surface area contributed by atoms with Gasteiger partial charge in [-0.1, -0.05) is 27.2 Å². The zero-order chi connectivity index (χ0) is 17.9. The van der Waals surface area contributed by atoms with Crippen molar-refractivity contribution in [1.82, 2.24) is 0 Å². The molecule has 0 heterocycles. The lowest BCUT2D eigenvalue weighted by Gasteiger charge is -2.09. The lowest BCUT2D eigenvalue weighted by atomic mass is 9.97. The molecular formula is C14H24O8. The fourth-order valence-electron chi connectivity index (χ4n) is 1.45. The van der Waals surface area contributed by atoms with E-state index in [-0.39, 0.29) is 18.8 Å². The normalized spacial score (nSPS) is 14.0. The summed E-state index contributed by atoms with van der Waals surface area (Å²) in [5.74, 6) is -5.51. The van der Waals surface area contributed by atoms with Gasteiger partial charge in [0.2, 0.25) is 0 Å². The summed E-state index contributed by atoms with van der Waals surface area (Å²) in [7, 11) is 0. The highest BCUT2D eigenvalue weighted by Crippen LogP contribution is 2.14. The molecule has 0 aliphatic carbocycles. The van der Waals surface area contributed by atoms with Gasteiger partial charge in [0.25, 0.3) is 0 Å². The molecule has 8 nitrogen and oxygen atoms in total. The molecule has 0 amide bonds. The molecule has 0 fully saturated rings. The van der Waals surface area contributed by atoms with Gasteiger partial charge in [-0.2, -0.15) is 0 Å². The molecule has 0 rings (SSSR count). The van der Waals surface area contributed by atoms with Gasteiger partial charge in [-0.3, -0.25) is 19.2 Å². The van der Waals surface area contributed by atoms with Crippen molar-refractivity contribution < 1.29 is 39.6 Å². The average molecular weight is 320 g/mol. The summed E-state index contributed by atoms with van der Waals surface area (Å²) in [6.45, 7) is 4.62. The Labute approximate surface area is 128 Å². The summed E-state index contributed by atoms with van der Waals surface area (Å²) in [6, 6.07) is 0. The van der Waals surface area contributed by atoms with Crippen LogP contribution in [0.3, 0.4) is 0 Å². The molecule has 0 radical (unpaired) electrons. The van der Waals surface area contributed by atoms with Crippen LogP contribution < -0.4 is 0 Å². The second-order valence-corrected chi connectivity index (χ2v) is 5.06. The van der Waals surface area contributed by atoms with Gasteiger partial charge in [0.1, 0.15) is 0 Å². The van der Waals surface area contributed by atoms with Crippen LogP contribution >= 0.6 is 0 Å². The predicted molar refractivity (Wildman–Crippen MR) is 76.5 cm³/mol. The second kappa shape index (κ2) is 11.5. The zero-order valence-electron chi connectivity index (χ0n) is 13.0. The summed E-state index contributed by atoms with van der Waals surface area (Å²) in [5.41, 5.74) is 0. The van der Waals surface area contributed by atoms with Crippen molar-refractivity contribution in [3.63, 3.8) is 0 Å². The van der Waals surface area contributed by atoms with Gasteiger partial charge in [-0.05, 0) is 12.3 Å². The van der Waals surface area contributed by atoms with E-state index in [1.165, 1.54) is 13.8 Å². The minimum Gasteiger partial charge on any atom is -0.481 e. The predicted octanol–water partition coefficient (Wildman–Crippen LogP) is 1.78. The maximum absolute atomic E-state index is 10.3. The molecule has 0 aromatic heterocycles. The van der Waals surface area contributed by atoms with Gasteiger partial charge >= 0.3 is 23.9 Å². The van der Waals surface area contributed by atoms with Crippen molar-refractivity contribution in [3.8, 4) is 0 Å². The first-order chi connectivity index (χ1) is 10.0. The first-order valence-electron chi connectivity index (χ1n) is 6.92. The number of carboxylic acid groups (broad SMARTS) is 4. The van der Waals surface area contributed by atoms with Crippen molar-refractivity contribution in [2.75, 3.05) is 0 Å². The Morgan fingerprint density at radius 3 is 1.45 bits per heavy atom. The van der Waals surface area contributed by atoms with Gasteiger partial charge < -0.3 is 20.4 Å². The topological polar surface area (TPSA) is 149 Å². The van der Waals surface area contributed by atoms with Crippen molar-refractivity contribution in [2.45, 2.75) is 46.5 Å². The molecule has 0 aliphatic rings. The van der Waals surface area contributed by atoms with Crippen LogP contribution in [0.15, 0.2) is 0 Å². The third kappa shape index (κ3) is 11.7. The molecule has 22 heavy (non-hydrogen) atoms. The van der Waals surface area contributed by atoms with Crippen molar-refractivity contribution in [1.29, 1.82) is 0 Å². The quantitative estimate of drug-likeness (QED) is 0.502. The summed E-state index contributed by atoms with van der Waals surface area (Å²) >= 11 is 0. The van der Waals surface area contributed by atoms with Crippen molar-refractivity contribution in [3.05, 3.63) is 0 Å². The molecule has 0 saturated carbocycles. The van der Waals surface area contributed by atoms with E-state index >= 15 is 0 Å². The van der Waals surface area contributed by atoms with E-state index in [1.54, 1.807) is 0 Å². The Morgan fingerprint density at radius 2 is 1.23 bits per heavy atom. The lowest BCUT2D eigenvalue weighted by Crippen LogP contribution is -2.24. The Balaban J connectivity index is 0. The lowest BCUT2D eigenvalue weighted by molar-refractivity contribution is -0.152. The Kier molecular flexibility index (Phi) is 11.6. The van der Waals surface area contributed by atoms with Crippen molar-refractivity contribution in [2.24, 2.45) is 17.8 Å². The number of rotatable bonds is 9. The molecule has 8 heteroatoms. The van der Waals surface area contributed by atoms with Crippen LogP contribution in [0.2, 0.25) is 0 Å². The fraction of sp³-hybridized carbons (Fsp3) is 0.714. The van der Waals surface area contributed by atoms with Gasteiger partial charge in [-0.25, -0.2) is 0 Å². The molecule has 0 aromatic carbocycles. The monoisotopic (exact) mass is 320 g/mol. The first-order valence-corrected chi connectivity index (χ1v) is 6.92. The van der Waals surface area contributed by atoms with Gasteiger partial charge in [0.15, 0.2) is 0 Å². The molecule has 0 aromatic rings. The number of hydrogen-bond acceptors (Lipinski definition) is 4. The van der Waals surface area contributed by atoms with E-state index in [9.17, 15) is 19.2 Å². The van der Waals surface area contributed by atoms with Crippen LogP contribution in [0, 0.1) is 17.8 Å². The van der Waals surface area contributed by atoms with Crippen LogP contribution in [0.25, 0.3) is 0 Å². The largest absolute Gasteiger partial charge is 0.481 e. The summed E-state index contributed by atoms with van der Waals surface area (Å²) in [6.07, 6.45) is 1.31. The van der Waals surface area contributed by atoms with E-state index < -0.39 is 35.7 Å². The molecule has 128 valence electrons. The minimum atomic E-state index is -1.07. The van der Waals surface area contributed by atoms with Crippen molar-refractivity contribution >= 4 is 23.9 Å². The SMILES string of the molecule is CCC(CCC(=O)O)CC(=O)O.C[C@H](C(=O)O)[C@@H](C)C(=O)O. The maximum atomic E-state index is 10.3. The number of carbonyl (C=O) groups is 4. The number of carboxylic acids is 4. The van der Waals surface area contributed by atoms with Crippen LogP contribution in [0.1, 0.15) is 46.5 Å². The molecule has 0 spiro atoms. The standard InChI is InChI=1S/C8H14O4.C6H10O4/c1-2-6(5-8(11)12)3-4-7(9)10;1-3(5(7)8)4(2)6(9)10/h6H,2-5H2,1H3,(H,9,10)(H,11,12);3-4H,1-2H3,(H,7,8)(H,9,10)/t;3-,4+. The molecule has 1 unspecified atom stereocenters. The molecule has 4 N–H and O–H groups in total. The number of hydrogen-bond donors (Lipinski definition) is 4. The Bertz CT molecular complexity index is 372. The van der Waals surface area contributed by atoms with Gasteiger partial charge in [-0.15, -0.1) is 0 Å². The number of aliphatic carboxylic acids is 4. The zero-order valence-corrected chi connectivity index (χ0v) is 13.0. The highest BCUT2D eigenvalue weighted by atomic mass is 16.4. The maximum Gasteiger partial charge on any atom is 0.307 e. The summed E-state index contributed by atoms with van der Waals surface area (Å²) < 4.78 is 0. The minimum absolute atomic E-state index is 0.00130. The van der Waals surface area contributed by atoms with Gasteiger partial charge in [0, 0.05) is 12.8 Å². The molecule has 0 aliphatic heterocycles. The summed E-state index contributed by atoms with van der Waals surface area (Å²) in [4.78, 5) is 40.8. The van der Waals surface area contributed by atoms with E-state index in [0.29, 0.717) is 6.42 Å². The molecule has 0 saturated heterocycles. The Morgan fingerprint density at radius 1 is 0.818 bits per heavy atom. The van der Waals surface area contributed by atoms with Crippen LogP contribution in [0.4, 0.5) is 0 Å². The van der Waals surface area contributed by atoms with Crippen LogP contribution in [-0.2, 0) is 19.2 Å². The molecular weight excluding hydrogens is 296 g/mol. The van der Waals surface area contributed by atoms with E-state index in [1.807, 2.05) is 6.92 Å². The smallest absolute Gasteiger partial charge is 0.307 e. The third-order valence-corrected chi connectivity index (χ3v) is 3.34. The first kappa shape index (κ1) is 22.2. The highest BCUT2D eigenvalue weighted by Gasteiger charge is 2.24. The van der Waals surface area contributed by atoms with E-state index in [4.69, 9.17) is 20.4 Å². The van der Waals surface area contributed by atoms with Gasteiger partial charge in [0.05, 0.1) is 11.8 Å². The summed E-state index contributed by atoms with van der Waals surface area (Å²) in [5, 5.41) is 33.5. The fourth-order valence-corrected chi connectivity index (χ4v) is 1.45. The molecule has 3 atom stereocenters.